The van der Waals surface area contributed by atoms with Gasteiger partial charge in [0.15, 0.2) is 0 Å². The number of likely N-dealkylation sites (tertiary alicyclic amines) is 1. The number of hydrogen-bond acceptors (Lipinski definition) is 3. The van der Waals surface area contributed by atoms with Crippen molar-refractivity contribution in [2.24, 2.45) is 10.8 Å². The number of nitrogens with zero attached hydrogens (tertiary/aromatic N) is 1. The summed E-state index contributed by atoms with van der Waals surface area (Å²) in [5.41, 5.74) is -0.621. The van der Waals surface area contributed by atoms with E-state index in [1.807, 2.05) is 0 Å². The van der Waals surface area contributed by atoms with E-state index in [0.717, 1.165) is 51.4 Å². The zero-order valence-electron chi connectivity index (χ0n) is 12.9. The Balaban J connectivity index is 1.77. The molecule has 0 aromatic heterocycles. The molecule has 21 heavy (non-hydrogen) atoms. The number of imide groups is 1. The SMILES string of the molecule is O=C1CC2(CCCCCC2)C(=O)N1CC1(CO)CCCC1. The summed E-state index contributed by atoms with van der Waals surface area (Å²) in [5, 5.41) is 9.75. The summed E-state index contributed by atoms with van der Waals surface area (Å²) in [6.45, 7) is 0.542. The second-order valence-electron chi connectivity index (χ2n) is 7.52. The standard InChI is InChI=1S/C17H27NO3/c19-13-16(7-5-6-8-16)12-18-14(20)11-17(15(18)21)9-3-1-2-4-10-17/h19H,1-13H2. The fourth-order valence-electron chi connectivity index (χ4n) is 4.64. The fourth-order valence-corrected chi connectivity index (χ4v) is 4.64. The first kappa shape index (κ1) is 15.0. The highest BCUT2D eigenvalue weighted by Crippen LogP contribution is 2.46. The van der Waals surface area contributed by atoms with E-state index in [4.69, 9.17) is 0 Å². The van der Waals surface area contributed by atoms with Crippen LogP contribution < -0.4 is 0 Å². The number of aliphatic hydroxyl groups is 1. The van der Waals surface area contributed by atoms with E-state index in [-0.39, 0.29) is 23.8 Å². The van der Waals surface area contributed by atoms with Crippen LogP contribution in [0.25, 0.3) is 0 Å². The molecule has 2 amide bonds. The first-order chi connectivity index (χ1) is 10.1. The number of carbonyl (C=O) groups is 2. The number of rotatable bonds is 3. The van der Waals surface area contributed by atoms with Gasteiger partial charge in [0.05, 0.1) is 12.0 Å². The first-order valence-electron chi connectivity index (χ1n) is 8.57. The summed E-state index contributed by atoms with van der Waals surface area (Å²) >= 11 is 0. The molecule has 3 fully saturated rings. The van der Waals surface area contributed by atoms with Crippen molar-refractivity contribution < 1.29 is 14.7 Å². The van der Waals surface area contributed by atoms with Crippen molar-refractivity contribution in [3.63, 3.8) is 0 Å². The molecule has 1 heterocycles. The molecule has 0 radical (unpaired) electrons. The van der Waals surface area contributed by atoms with Gasteiger partial charge < -0.3 is 5.11 Å². The van der Waals surface area contributed by atoms with Gasteiger partial charge in [0.1, 0.15) is 0 Å². The second-order valence-corrected chi connectivity index (χ2v) is 7.52. The molecule has 1 spiro atoms. The van der Waals surface area contributed by atoms with Crippen molar-refractivity contribution in [1.82, 2.24) is 4.90 Å². The van der Waals surface area contributed by atoms with E-state index in [1.165, 1.54) is 17.7 Å². The van der Waals surface area contributed by atoms with Crippen LogP contribution in [0.15, 0.2) is 0 Å². The van der Waals surface area contributed by atoms with Crippen molar-refractivity contribution in [1.29, 1.82) is 0 Å². The molecule has 0 aromatic rings. The van der Waals surface area contributed by atoms with Crippen LogP contribution in [0.1, 0.15) is 70.6 Å². The van der Waals surface area contributed by atoms with Gasteiger partial charge >= 0.3 is 0 Å². The summed E-state index contributed by atoms with van der Waals surface area (Å²) < 4.78 is 0. The number of carbonyl (C=O) groups excluding carboxylic acids is 2. The minimum atomic E-state index is -0.400. The van der Waals surface area contributed by atoms with E-state index >= 15 is 0 Å². The van der Waals surface area contributed by atoms with Gasteiger partial charge in [0.25, 0.3) is 0 Å². The van der Waals surface area contributed by atoms with E-state index in [2.05, 4.69) is 0 Å². The topological polar surface area (TPSA) is 57.6 Å². The number of hydrogen-bond donors (Lipinski definition) is 1. The molecule has 4 nitrogen and oxygen atoms in total. The third-order valence-electron chi connectivity index (χ3n) is 6.04. The maximum Gasteiger partial charge on any atom is 0.235 e. The molecular formula is C17H27NO3. The summed E-state index contributed by atoms with van der Waals surface area (Å²) in [5.74, 6) is 0.0655. The normalized spacial score (nSPS) is 28.3. The van der Waals surface area contributed by atoms with Crippen LogP contribution in [-0.4, -0.2) is 35.0 Å². The van der Waals surface area contributed by atoms with Crippen LogP contribution >= 0.6 is 0 Å². The number of amides is 2. The maximum absolute atomic E-state index is 12.9. The molecule has 3 aliphatic rings. The molecule has 1 N–H and O–H groups in total. The average molecular weight is 293 g/mol. The van der Waals surface area contributed by atoms with Crippen molar-refractivity contribution in [3.05, 3.63) is 0 Å². The van der Waals surface area contributed by atoms with Crippen LogP contribution in [0.5, 0.6) is 0 Å². The predicted molar refractivity (Wildman–Crippen MR) is 79.5 cm³/mol. The molecule has 1 aliphatic heterocycles. The van der Waals surface area contributed by atoms with Crippen LogP contribution in [0.2, 0.25) is 0 Å². The lowest BCUT2D eigenvalue weighted by atomic mass is 9.79. The van der Waals surface area contributed by atoms with Gasteiger partial charge in [-0.05, 0) is 25.7 Å². The van der Waals surface area contributed by atoms with Crippen LogP contribution in [0, 0.1) is 10.8 Å². The lowest BCUT2D eigenvalue weighted by Gasteiger charge is -2.32. The Hall–Kier alpha value is -0.900. The van der Waals surface area contributed by atoms with E-state index < -0.39 is 5.41 Å². The Bertz CT molecular complexity index is 418. The fraction of sp³-hybridized carbons (Fsp3) is 0.882. The van der Waals surface area contributed by atoms with E-state index in [9.17, 15) is 14.7 Å². The van der Waals surface area contributed by atoms with Crippen LogP contribution in [0.4, 0.5) is 0 Å². The minimum Gasteiger partial charge on any atom is -0.396 e. The first-order valence-corrected chi connectivity index (χ1v) is 8.57. The molecule has 118 valence electrons. The van der Waals surface area contributed by atoms with E-state index in [0.29, 0.717) is 13.0 Å². The summed E-state index contributed by atoms with van der Waals surface area (Å²) in [6.07, 6.45) is 10.7. The summed E-state index contributed by atoms with van der Waals surface area (Å²) in [6, 6.07) is 0. The van der Waals surface area contributed by atoms with Gasteiger partial charge in [-0.2, -0.15) is 0 Å². The molecule has 0 bridgehead atoms. The number of aliphatic hydroxyl groups excluding tert-OH is 1. The molecule has 0 unspecified atom stereocenters. The lowest BCUT2D eigenvalue weighted by molar-refractivity contribution is -0.144. The second kappa shape index (κ2) is 5.71. The molecule has 3 rings (SSSR count). The summed E-state index contributed by atoms with van der Waals surface area (Å²) in [4.78, 5) is 26.9. The average Bonchev–Trinajstić information content (AvgIpc) is 2.93. The van der Waals surface area contributed by atoms with Crippen LogP contribution in [0.3, 0.4) is 0 Å². The van der Waals surface area contributed by atoms with Gasteiger partial charge in [0, 0.05) is 18.4 Å². The van der Waals surface area contributed by atoms with Crippen molar-refractivity contribution in [3.8, 4) is 0 Å². The molecule has 1 saturated heterocycles. The summed E-state index contributed by atoms with van der Waals surface area (Å²) in [7, 11) is 0. The Morgan fingerprint density at radius 1 is 0.905 bits per heavy atom. The molecule has 2 saturated carbocycles. The van der Waals surface area contributed by atoms with Crippen molar-refractivity contribution >= 4 is 11.8 Å². The lowest BCUT2D eigenvalue weighted by Crippen LogP contribution is -2.43. The van der Waals surface area contributed by atoms with Crippen molar-refractivity contribution in [2.45, 2.75) is 70.6 Å². The highest BCUT2D eigenvalue weighted by atomic mass is 16.3. The Morgan fingerprint density at radius 2 is 1.48 bits per heavy atom. The maximum atomic E-state index is 12.9. The third kappa shape index (κ3) is 2.63. The largest absolute Gasteiger partial charge is 0.396 e. The molecule has 2 aliphatic carbocycles. The zero-order valence-corrected chi connectivity index (χ0v) is 12.9. The minimum absolute atomic E-state index is 0.00150. The zero-order chi connectivity index (χ0) is 14.9. The van der Waals surface area contributed by atoms with Crippen molar-refractivity contribution in [2.75, 3.05) is 13.2 Å². The quantitative estimate of drug-likeness (QED) is 0.814. The van der Waals surface area contributed by atoms with E-state index in [1.54, 1.807) is 0 Å². The van der Waals surface area contributed by atoms with Gasteiger partial charge in [-0.3, -0.25) is 14.5 Å². The molecular weight excluding hydrogens is 266 g/mol. The molecule has 0 atom stereocenters. The van der Waals surface area contributed by atoms with Crippen LogP contribution in [-0.2, 0) is 9.59 Å². The Morgan fingerprint density at radius 3 is 2.05 bits per heavy atom. The Kier molecular flexibility index (Phi) is 4.08. The van der Waals surface area contributed by atoms with Gasteiger partial charge in [-0.25, -0.2) is 0 Å². The van der Waals surface area contributed by atoms with Gasteiger partial charge in [-0.15, -0.1) is 0 Å². The monoisotopic (exact) mass is 293 g/mol. The van der Waals surface area contributed by atoms with Gasteiger partial charge in [-0.1, -0.05) is 38.5 Å². The smallest absolute Gasteiger partial charge is 0.235 e. The Labute approximate surface area is 126 Å². The predicted octanol–water partition coefficient (Wildman–Crippen LogP) is 2.64. The highest BCUT2D eigenvalue weighted by Gasteiger charge is 2.52. The molecule has 0 aromatic carbocycles. The highest BCUT2D eigenvalue weighted by molar-refractivity contribution is 6.06. The third-order valence-corrected chi connectivity index (χ3v) is 6.04. The van der Waals surface area contributed by atoms with Gasteiger partial charge in [0.2, 0.25) is 11.8 Å². The molecule has 4 heteroatoms.